The fraction of sp³-hybridized carbons (Fsp3) is 0.222. The Bertz CT molecular complexity index is 735. The van der Waals surface area contributed by atoms with E-state index in [9.17, 15) is 4.79 Å². The van der Waals surface area contributed by atoms with Gasteiger partial charge in [0, 0.05) is 6.54 Å². The SMILES string of the molecule is COc1ccc(CC(=O)NCc2cccc(C#N)c2)cc1OC. The predicted octanol–water partition coefficient (Wildman–Crippen LogP) is 2.43. The summed E-state index contributed by atoms with van der Waals surface area (Å²) in [6.07, 6.45) is 0.248. The number of nitrogens with zero attached hydrogens (tertiary/aromatic N) is 1. The maximum atomic E-state index is 12.0. The molecule has 5 heteroatoms. The molecular weight excluding hydrogens is 292 g/mol. The second kappa shape index (κ2) is 7.85. The summed E-state index contributed by atoms with van der Waals surface area (Å²) < 4.78 is 10.4. The number of ether oxygens (including phenoxy) is 2. The standard InChI is InChI=1S/C18H18N2O3/c1-22-16-7-6-13(9-17(16)23-2)10-18(21)20-12-15-5-3-4-14(8-15)11-19/h3-9H,10,12H2,1-2H3,(H,20,21). The van der Waals surface area contributed by atoms with Crippen LogP contribution in [0.15, 0.2) is 42.5 Å². The molecule has 118 valence electrons. The van der Waals surface area contributed by atoms with Crippen LogP contribution in [-0.2, 0) is 17.8 Å². The molecule has 1 N–H and O–H groups in total. The van der Waals surface area contributed by atoms with Crippen LogP contribution in [0.2, 0.25) is 0 Å². The van der Waals surface area contributed by atoms with Crippen molar-refractivity contribution in [3.63, 3.8) is 0 Å². The quantitative estimate of drug-likeness (QED) is 0.889. The van der Waals surface area contributed by atoms with Crippen LogP contribution in [0.25, 0.3) is 0 Å². The molecule has 0 unspecified atom stereocenters. The summed E-state index contributed by atoms with van der Waals surface area (Å²) in [5.74, 6) is 1.13. The summed E-state index contributed by atoms with van der Waals surface area (Å²) in [5.41, 5.74) is 2.31. The van der Waals surface area contributed by atoms with Crippen molar-refractivity contribution in [2.45, 2.75) is 13.0 Å². The summed E-state index contributed by atoms with van der Waals surface area (Å²) >= 11 is 0. The molecule has 0 spiro atoms. The molecule has 2 rings (SSSR count). The van der Waals surface area contributed by atoms with Crippen LogP contribution in [0.1, 0.15) is 16.7 Å². The number of rotatable bonds is 6. The van der Waals surface area contributed by atoms with Crippen LogP contribution in [-0.4, -0.2) is 20.1 Å². The van der Waals surface area contributed by atoms with Crippen LogP contribution in [0.5, 0.6) is 11.5 Å². The molecule has 0 bridgehead atoms. The molecule has 0 aliphatic heterocycles. The van der Waals surface area contributed by atoms with Crippen LogP contribution in [0.3, 0.4) is 0 Å². The molecule has 0 heterocycles. The Morgan fingerprint density at radius 2 is 1.87 bits per heavy atom. The number of hydrogen-bond donors (Lipinski definition) is 1. The number of carbonyl (C=O) groups is 1. The minimum Gasteiger partial charge on any atom is -0.493 e. The van der Waals surface area contributed by atoms with Gasteiger partial charge in [0.1, 0.15) is 0 Å². The second-order valence-corrected chi connectivity index (χ2v) is 4.96. The maximum Gasteiger partial charge on any atom is 0.224 e. The predicted molar refractivity (Wildman–Crippen MR) is 86.3 cm³/mol. The smallest absolute Gasteiger partial charge is 0.224 e. The Labute approximate surface area is 135 Å². The lowest BCUT2D eigenvalue weighted by Gasteiger charge is -2.10. The fourth-order valence-corrected chi connectivity index (χ4v) is 2.19. The van der Waals surface area contributed by atoms with Crippen molar-refractivity contribution >= 4 is 5.91 Å². The molecule has 1 amide bonds. The van der Waals surface area contributed by atoms with Gasteiger partial charge in [0.15, 0.2) is 11.5 Å². The number of methoxy groups -OCH3 is 2. The van der Waals surface area contributed by atoms with Gasteiger partial charge in [0.25, 0.3) is 0 Å². The van der Waals surface area contributed by atoms with Gasteiger partial charge in [-0.25, -0.2) is 0 Å². The number of nitrogens with one attached hydrogen (secondary N) is 1. The summed E-state index contributed by atoms with van der Waals surface area (Å²) in [6.45, 7) is 0.391. The van der Waals surface area contributed by atoms with E-state index in [-0.39, 0.29) is 12.3 Å². The van der Waals surface area contributed by atoms with Crippen molar-refractivity contribution in [3.05, 3.63) is 59.2 Å². The largest absolute Gasteiger partial charge is 0.493 e. The first-order chi connectivity index (χ1) is 11.2. The minimum absolute atomic E-state index is 0.0976. The van der Waals surface area contributed by atoms with Gasteiger partial charge in [-0.2, -0.15) is 5.26 Å². The minimum atomic E-state index is -0.0976. The van der Waals surface area contributed by atoms with E-state index < -0.39 is 0 Å². The van der Waals surface area contributed by atoms with Gasteiger partial charge in [-0.15, -0.1) is 0 Å². The third-order valence-corrected chi connectivity index (χ3v) is 3.36. The number of nitriles is 1. The molecule has 0 aliphatic carbocycles. The molecule has 0 aliphatic rings. The summed E-state index contributed by atoms with van der Waals surface area (Å²) in [6, 6.07) is 14.6. The zero-order chi connectivity index (χ0) is 16.7. The van der Waals surface area contributed by atoms with Crippen molar-refractivity contribution in [1.82, 2.24) is 5.32 Å². The van der Waals surface area contributed by atoms with Crippen molar-refractivity contribution in [1.29, 1.82) is 5.26 Å². The van der Waals surface area contributed by atoms with Gasteiger partial charge in [-0.05, 0) is 35.4 Å². The molecule has 0 saturated carbocycles. The third-order valence-electron chi connectivity index (χ3n) is 3.36. The molecule has 2 aromatic carbocycles. The highest BCUT2D eigenvalue weighted by Gasteiger charge is 2.08. The monoisotopic (exact) mass is 310 g/mol. The first-order valence-corrected chi connectivity index (χ1v) is 7.13. The molecule has 23 heavy (non-hydrogen) atoms. The van der Waals surface area contributed by atoms with Crippen molar-refractivity contribution in [2.24, 2.45) is 0 Å². The Kier molecular flexibility index (Phi) is 5.59. The molecule has 0 saturated heterocycles. The van der Waals surface area contributed by atoms with Crippen LogP contribution in [0.4, 0.5) is 0 Å². The summed E-state index contributed by atoms with van der Waals surface area (Å²) in [5, 5.41) is 11.7. The topological polar surface area (TPSA) is 71.3 Å². The highest BCUT2D eigenvalue weighted by atomic mass is 16.5. The van der Waals surface area contributed by atoms with Gasteiger partial charge in [0.05, 0.1) is 32.3 Å². The Morgan fingerprint density at radius 1 is 1.09 bits per heavy atom. The average molecular weight is 310 g/mol. The fourth-order valence-electron chi connectivity index (χ4n) is 2.19. The van der Waals surface area contributed by atoms with Crippen molar-refractivity contribution in [3.8, 4) is 17.6 Å². The van der Waals surface area contributed by atoms with E-state index in [0.29, 0.717) is 23.6 Å². The number of hydrogen-bond acceptors (Lipinski definition) is 4. The van der Waals surface area contributed by atoms with Gasteiger partial charge >= 0.3 is 0 Å². The molecular formula is C18H18N2O3. The van der Waals surface area contributed by atoms with Crippen LogP contribution >= 0.6 is 0 Å². The van der Waals surface area contributed by atoms with Crippen molar-refractivity contribution < 1.29 is 14.3 Å². The van der Waals surface area contributed by atoms with Crippen molar-refractivity contribution in [2.75, 3.05) is 14.2 Å². The number of benzene rings is 2. The van der Waals surface area contributed by atoms with E-state index in [4.69, 9.17) is 14.7 Å². The number of amides is 1. The lowest BCUT2D eigenvalue weighted by atomic mass is 10.1. The number of carbonyl (C=O) groups excluding carboxylic acids is 1. The molecule has 5 nitrogen and oxygen atoms in total. The Balaban J connectivity index is 1.95. The maximum absolute atomic E-state index is 12.0. The van der Waals surface area contributed by atoms with E-state index in [1.54, 1.807) is 44.6 Å². The van der Waals surface area contributed by atoms with Crippen LogP contribution in [0, 0.1) is 11.3 Å². The van der Waals surface area contributed by atoms with Crippen LogP contribution < -0.4 is 14.8 Å². The molecule has 0 atom stereocenters. The first kappa shape index (κ1) is 16.4. The van der Waals surface area contributed by atoms with Gasteiger partial charge in [-0.3, -0.25) is 4.79 Å². The summed E-state index contributed by atoms with van der Waals surface area (Å²) in [4.78, 5) is 12.0. The lowest BCUT2D eigenvalue weighted by Crippen LogP contribution is -2.24. The lowest BCUT2D eigenvalue weighted by molar-refractivity contribution is -0.120. The Morgan fingerprint density at radius 3 is 2.57 bits per heavy atom. The third kappa shape index (κ3) is 4.48. The van der Waals surface area contributed by atoms with E-state index in [2.05, 4.69) is 11.4 Å². The van der Waals surface area contributed by atoms with E-state index in [1.807, 2.05) is 12.1 Å². The zero-order valence-electron chi connectivity index (χ0n) is 13.1. The van der Waals surface area contributed by atoms with Gasteiger partial charge in [-0.1, -0.05) is 18.2 Å². The average Bonchev–Trinajstić information content (AvgIpc) is 2.60. The highest BCUT2D eigenvalue weighted by Crippen LogP contribution is 2.27. The van der Waals surface area contributed by atoms with Gasteiger partial charge in [0.2, 0.25) is 5.91 Å². The molecule has 0 radical (unpaired) electrons. The first-order valence-electron chi connectivity index (χ1n) is 7.13. The molecule has 0 fully saturated rings. The normalized spacial score (nSPS) is 9.78. The van der Waals surface area contributed by atoms with E-state index in [0.717, 1.165) is 11.1 Å². The second-order valence-electron chi connectivity index (χ2n) is 4.96. The summed E-state index contributed by atoms with van der Waals surface area (Å²) in [7, 11) is 3.13. The van der Waals surface area contributed by atoms with Gasteiger partial charge < -0.3 is 14.8 Å². The van der Waals surface area contributed by atoms with E-state index in [1.165, 1.54) is 0 Å². The zero-order valence-corrected chi connectivity index (χ0v) is 13.1. The highest BCUT2D eigenvalue weighted by molar-refractivity contribution is 5.78. The Hall–Kier alpha value is -3.00. The molecule has 0 aromatic heterocycles. The van der Waals surface area contributed by atoms with E-state index >= 15 is 0 Å². The molecule has 2 aromatic rings.